The van der Waals surface area contributed by atoms with E-state index in [-0.39, 0.29) is 30.8 Å². The molecule has 0 aliphatic heterocycles. The number of hydrogen-bond donors (Lipinski definition) is 1. The van der Waals surface area contributed by atoms with Crippen LogP contribution < -0.4 is 0 Å². The maximum absolute atomic E-state index is 12.4. The van der Waals surface area contributed by atoms with Gasteiger partial charge >= 0.3 is 11.9 Å². The van der Waals surface area contributed by atoms with Crippen molar-refractivity contribution in [2.45, 2.75) is 25.7 Å². The van der Waals surface area contributed by atoms with Gasteiger partial charge in [0, 0.05) is 26.1 Å². The minimum Gasteiger partial charge on any atom is -0.481 e. The third kappa shape index (κ3) is 5.34. The Hall–Kier alpha value is -1.63. The zero-order valence-corrected chi connectivity index (χ0v) is 12.5. The molecule has 1 N–H and O–H groups in total. The summed E-state index contributed by atoms with van der Waals surface area (Å²) >= 11 is 0. The molecule has 1 rings (SSSR count). The largest absolute Gasteiger partial charge is 0.481 e. The van der Waals surface area contributed by atoms with Crippen LogP contribution in [0.1, 0.15) is 25.7 Å². The lowest BCUT2D eigenvalue weighted by atomic mass is 10.0. The molecule has 0 radical (unpaired) electrons. The molecule has 0 saturated heterocycles. The van der Waals surface area contributed by atoms with Crippen molar-refractivity contribution < 1.29 is 29.0 Å². The predicted molar refractivity (Wildman–Crippen MR) is 73.6 cm³/mol. The number of aliphatic carboxylic acids is 1. The van der Waals surface area contributed by atoms with Crippen molar-refractivity contribution in [3.05, 3.63) is 0 Å². The predicted octanol–water partition coefficient (Wildman–Crippen LogP) is 0.525. The van der Waals surface area contributed by atoms with Crippen LogP contribution in [0.4, 0.5) is 0 Å². The molecule has 21 heavy (non-hydrogen) atoms. The van der Waals surface area contributed by atoms with E-state index in [1.165, 1.54) is 7.11 Å². The van der Waals surface area contributed by atoms with Gasteiger partial charge in [0.15, 0.2) is 0 Å². The van der Waals surface area contributed by atoms with E-state index in [9.17, 15) is 14.4 Å². The average molecular weight is 301 g/mol. The molecule has 7 heteroatoms. The molecule has 0 aromatic heterocycles. The molecule has 1 amide bonds. The van der Waals surface area contributed by atoms with Crippen molar-refractivity contribution in [3.8, 4) is 0 Å². The van der Waals surface area contributed by atoms with Gasteiger partial charge in [-0.05, 0) is 19.3 Å². The number of carboxylic acids is 1. The number of hydrogen-bond acceptors (Lipinski definition) is 5. The van der Waals surface area contributed by atoms with Crippen LogP contribution in [0, 0.1) is 11.8 Å². The molecule has 7 nitrogen and oxygen atoms in total. The van der Waals surface area contributed by atoms with Gasteiger partial charge < -0.3 is 19.5 Å². The molecule has 0 bridgehead atoms. The van der Waals surface area contributed by atoms with E-state index >= 15 is 0 Å². The van der Waals surface area contributed by atoms with Crippen LogP contribution in [-0.4, -0.2) is 61.8 Å². The molecule has 0 spiro atoms. The van der Waals surface area contributed by atoms with Crippen LogP contribution in [0.3, 0.4) is 0 Å². The molecule has 1 fully saturated rings. The number of carboxylic acid groups (broad SMARTS) is 1. The fourth-order valence-electron chi connectivity index (χ4n) is 2.55. The Morgan fingerprint density at radius 1 is 1.14 bits per heavy atom. The first-order valence-electron chi connectivity index (χ1n) is 7.07. The number of nitrogens with zero attached hydrogens (tertiary/aromatic N) is 1. The number of carbonyl (C=O) groups excluding carboxylic acids is 2. The molecule has 0 heterocycles. The molecule has 1 saturated carbocycles. The smallest absolute Gasteiger partial charge is 0.307 e. The van der Waals surface area contributed by atoms with Crippen molar-refractivity contribution in [1.29, 1.82) is 0 Å². The number of carbonyl (C=O) groups is 3. The zero-order chi connectivity index (χ0) is 15.8. The van der Waals surface area contributed by atoms with E-state index in [0.717, 1.165) is 0 Å². The van der Waals surface area contributed by atoms with Gasteiger partial charge in [0.2, 0.25) is 5.91 Å². The molecule has 1 aliphatic rings. The highest BCUT2D eigenvalue weighted by atomic mass is 16.5. The fraction of sp³-hybridized carbons (Fsp3) is 0.786. The second-order valence-electron chi connectivity index (χ2n) is 5.19. The van der Waals surface area contributed by atoms with E-state index in [1.54, 1.807) is 12.0 Å². The number of amides is 1. The van der Waals surface area contributed by atoms with Gasteiger partial charge in [0.05, 0.1) is 26.1 Å². The van der Waals surface area contributed by atoms with Crippen molar-refractivity contribution in [3.63, 3.8) is 0 Å². The van der Waals surface area contributed by atoms with Crippen LogP contribution in [-0.2, 0) is 23.9 Å². The van der Waals surface area contributed by atoms with Gasteiger partial charge in [-0.1, -0.05) is 0 Å². The van der Waals surface area contributed by atoms with Crippen LogP contribution in [0.25, 0.3) is 0 Å². The van der Waals surface area contributed by atoms with E-state index in [4.69, 9.17) is 9.84 Å². The lowest BCUT2D eigenvalue weighted by Crippen LogP contribution is -2.39. The standard InChI is InChI=1S/C14H23NO6/c1-20-8-7-15(6-5-12(16)21-2)13(17)10-3-4-11(9-10)14(18)19/h10-11H,3-9H2,1-2H3,(H,18,19)/t10-,11+/m1/s1. The van der Waals surface area contributed by atoms with Crippen LogP contribution in [0.2, 0.25) is 0 Å². The maximum atomic E-state index is 12.4. The fourth-order valence-corrected chi connectivity index (χ4v) is 2.55. The average Bonchev–Trinajstić information content (AvgIpc) is 2.96. The van der Waals surface area contributed by atoms with Gasteiger partial charge in [0.25, 0.3) is 0 Å². The first kappa shape index (κ1) is 17.4. The molecular formula is C14H23NO6. The van der Waals surface area contributed by atoms with E-state index in [2.05, 4.69) is 4.74 Å². The first-order valence-corrected chi connectivity index (χ1v) is 7.07. The highest BCUT2D eigenvalue weighted by Crippen LogP contribution is 2.32. The number of esters is 1. The summed E-state index contributed by atoms with van der Waals surface area (Å²) in [5, 5.41) is 8.99. The Labute approximate surface area is 124 Å². The molecule has 120 valence electrons. The highest BCUT2D eigenvalue weighted by Gasteiger charge is 2.35. The number of rotatable bonds is 8. The van der Waals surface area contributed by atoms with E-state index < -0.39 is 11.9 Å². The summed E-state index contributed by atoms with van der Waals surface area (Å²) in [6.07, 6.45) is 1.61. The third-order valence-corrected chi connectivity index (χ3v) is 3.82. The van der Waals surface area contributed by atoms with Crippen LogP contribution in [0.5, 0.6) is 0 Å². The van der Waals surface area contributed by atoms with E-state index in [1.807, 2.05) is 0 Å². The molecule has 0 aromatic rings. The first-order chi connectivity index (χ1) is 9.99. The Kier molecular flexibility index (Phi) is 7.14. The molecule has 2 atom stereocenters. The lowest BCUT2D eigenvalue weighted by Gasteiger charge is -2.25. The van der Waals surface area contributed by atoms with E-state index in [0.29, 0.717) is 32.4 Å². The number of ether oxygens (including phenoxy) is 2. The van der Waals surface area contributed by atoms with Crippen molar-refractivity contribution >= 4 is 17.8 Å². The second kappa shape index (κ2) is 8.61. The van der Waals surface area contributed by atoms with Crippen LogP contribution >= 0.6 is 0 Å². The monoisotopic (exact) mass is 301 g/mol. The third-order valence-electron chi connectivity index (χ3n) is 3.82. The quantitative estimate of drug-likeness (QED) is 0.657. The van der Waals surface area contributed by atoms with Gasteiger partial charge in [-0.2, -0.15) is 0 Å². The minimum absolute atomic E-state index is 0.0975. The summed E-state index contributed by atoms with van der Waals surface area (Å²) in [6.45, 7) is 1.03. The molecular weight excluding hydrogens is 278 g/mol. The highest BCUT2D eigenvalue weighted by molar-refractivity contribution is 5.81. The van der Waals surface area contributed by atoms with Crippen molar-refractivity contribution in [1.82, 2.24) is 4.90 Å². The summed E-state index contributed by atoms with van der Waals surface area (Å²) in [5.41, 5.74) is 0. The Morgan fingerprint density at radius 3 is 2.33 bits per heavy atom. The Balaban J connectivity index is 2.58. The zero-order valence-electron chi connectivity index (χ0n) is 12.5. The van der Waals surface area contributed by atoms with Gasteiger partial charge in [-0.25, -0.2) is 0 Å². The maximum Gasteiger partial charge on any atom is 0.307 e. The lowest BCUT2D eigenvalue weighted by molar-refractivity contribution is -0.142. The number of methoxy groups -OCH3 is 2. The summed E-state index contributed by atoms with van der Waals surface area (Å²) in [7, 11) is 2.84. The van der Waals surface area contributed by atoms with Crippen molar-refractivity contribution in [2.75, 3.05) is 33.9 Å². The summed E-state index contributed by atoms with van der Waals surface area (Å²) in [5.74, 6) is -2.03. The molecule has 1 aliphatic carbocycles. The summed E-state index contributed by atoms with van der Waals surface area (Å²) in [4.78, 5) is 36.2. The second-order valence-corrected chi connectivity index (χ2v) is 5.19. The topological polar surface area (TPSA) is 93.1 Å². The van der Waals surface area contributed by atoms with Crippen LogP contribution in [0.15, 0.2) is 0 Å². The summed E-state index contributed by atoms with van der Waals surface area (Å²) < 4.78 is 9.55. The summed E-state index contributed by atoms with van der Waals surface area (Å²) in [6, 6.07) is 0. The van der Waals surface area contributed by atoms with Crippen molar-refractivity contribution in [2.24, 2.45) is 11.8 Å². The Bertz CT molecular complexity index is 384. The normalized spacial score (nSPS) is 21.0. The van der Waals surface area contributed by atoms with Gasteiger partial charge in [0.1, 0.15) is 0 Å². The van der Waals surface area contributed by atoms with Gasteiger partial charge in [-0.3, -0.25) is 14.4 Å². The van der Waals surface area contributed by atoms with Gasteiger partial charge in [-0.15, -0.1) is 0 Å². The SMILES string of the molecule is COCCN(CCC(=O)OC)C(=O)[C@@H]1CC[C@H](C(=O)O)C1. The molecule has 0 unspecified atom stereocenters. The minimum atomic E-state index is -0.844. The molecule has 0 aromatic carbocycles. The Morgan fingerprint density at radius 2 is 1.81 bits per heavy atom.